The van der Waals surface area contributed by atoms with Crippen molar-refractivity contribution in [1.29, 1.82) is 0 Å². The molecule has 2 heterocycles. The molecule has 3 rings (SSSR count). The van der Waals surface area contributed by atoms with Gasteiger partial charge in [0, 0.05) is 17.9 Å². The summed E-state index contributed by atoms with van der Waals surface area (Å²) in [5.74, 6) is 0.772. The van der Waals surface area contributed by atoms with Crippen molar-refractivity contribution in [2.75, 3.05) is 12.3 Å². The Bertz CT molecular complexity index is 683. The van der Waals surface area contributed by atoms with Crippen LogP contribution in [0.5, 0.6) is 5.75 Å². The second kappa shape index (κ2) is 6.98. The van der Waals surface area contributed by atoms with E-state index in [0.29, 0.717) is 17.9 Å². The first kappa shape index (κ1) is 15.1. The Hall–Kier alpha value is -1.79. The maximum absolute atomic E-state index is 12.1. The van der Waals surface area contributed by atoms with E-state index in [2.05, 4.69) is 21.8 Å². The maximum Gasteiger partial charge on any atom is 0.245 e. The monoisotopic (exact) mass is 332 g/mol. The summed E-state index contributed by atoms with van der Waals surface area (Å²) < 4.78 is 0. The van der Waals surface area contributed by atoms with E-state index in [9.17, 15) is 9.90 Å². The number of hydrogen-bond donors (Lipinski definition) is 2. The summed E-state index contributed by atoms with van der Waals surface area (Å²) in [6.07, 6.45) is 0.838. The summed E-state index contributed by atoms with van der Waals surface area (Å²) in [4.78, 5) is 16.6. The third-order valence-corrected chi connectivity index (χ3v) is 5.19. The van der Waals surface area contributed by atoms with Gasteiger partial charge in [0.15, 0.2) is 0 Å². The summed E-state index contributed by atoms with van der Waals surface area (Å²) in [6, 6.07) is 8.77. The first-order valence-electron chi connectivity index (χ1n) is 7.02. The van der Waals surface area contributed by atoms with Crippen molar-refractivity contribution in [3.63, 3.8) is 0 Å². The van der Waals surface area contributed by atoms with Crippen molar-refractivity contribution in [1.82, 2.24) is 5.32 Å². The molecule has 1 aliphatic heterocycles. The van der Waals surface area contributed by atoms with Gasteiger partial charge in [-0.1, -0.05) is 12.1 Å². The number of phenols is 1. The van der Waals surface area contributed by atoms with E-state index < -0.39 is 0 Å². The van der Waals surface area contributed by atoms with Crippen molar-refractivity contribution in [3.8, 4) is 5.75 Å². The third kappa shape index (κ3) is 3.51. The molecule has 1 atom stereocenters. The summed E-state index contributed by atoms with van der Waals surface area (Å²) in [7, 11) is 0. The number of nitrogens with one attached hydrogen (secondary N) is 1. The lowest BCUT2D eigenvalue weighted by molar-refractivity contribution is -0.121. The number of rotatable bonds is 5. The molecule has 0 aliphatic carbocycles. The summed E-state index contributed by atoms with van der Waals surface area (Å²) >= 11 is 3.17. The van der Waals surface area contributed by atoms with Gasteiger partial charge in [0.25, 0.3) is 0 Å². The Morgan fingerprint density at radius 1 is 1.36 bits per heavy atom. The standard InChI is InChI=1S/C16H16N2O2S2/c19-14-4-2-1-3-12(14)16-18-13(10-22-16)15(20)17-7-5-11-6-8-21-9-11/h1-4,6,8-9,13,19H,5,7,10H2,(H,17,20). The largest absolute Gasteiger partial charge is 0.507 e. The van der Waals surface area contributed by atoms with E-state index in [1.807, 2.05) is 17.5 Å². The number of hydrogen-bond acceptors (Lipinski definition) is 5. The molecule has 6 heteroatoms. The molecule has 22 heavy (non-hydrogen) atoms. The first-order valence-corrected chi connectivity index (χ1v) is 8.94. The van der Waals surface area contributed by atoms with Gasteiger partial charge in [0.2, 0.25) is 5.91 Å². The van der Waals surface area contributed by atoms with Gasteiger partial charge in [-0.3, -0.25) is 9.79 Å². The van der Waals surface area contributed by atoms with Crippen LogP contribution in [-0.2, 0) is 11.2 Å². The van der Waals surface area contributed by atoms with Crippen molar-refractivity contribution in [3.05, 3.63) is 52.2 Å². The van der Waals surface area contributed by atoms with Crippen molar-refractivity contribution >= 4 is 34.0 Å². The van der Waals surface area contributed by atoms with Crippen LogP contribution in [0.1, 0.15) is 11.1 Å². The SMILES string of the molecule is O=C(NCCc1ccsc1)C1CSC(c2ccccc2O)=N1. The Labute approximate surface area is 137 Å². The van der Waals surface area contributed by atoms with Gasteiger partial charge in [-0.25, -0.2) is 0 Å². The first-order chi connectivity index (χ1) is 10.7. The molecule has 1 amide bonds. The lowest BCUT2D eigenvalue weighted by Gasteiger charge is -2.07. The highest BCUT2D eigenvalue weighted by Gasteiger charge is 2.26. The molecular formula is C16H16N2O2S2. The predicted molar refractivity (Wildman–Crippen MR) is 91.9 cm³/mol. The van der Waals surface area contributed by atoms with Gasteiger partial charge < -0.3 is 10.4 Å². The molecule has 0 saturated carbocycles. The van der Waals surface area contributed by atoms with Crippen LogP contribution in [0.2, 0.25) is 0 Å². The Kier molecular flexibility index (Phi) is 4.80. The van der Waals surface area contributed by atoms with Crippen LogP contribution in [0.25, 0.3) is 0 Å². The highest BCUT2D eigenvalue weighted by atomic mass is 32.2. The number of thioether (sulfide) groups is 1. The van der Waals surface area contributed by atoms with Crippen LogP contribution in [0.4, 0.5) is 0 Å². The van der Waals surface area contributed by atoms with Crippen LogP contribution in [0.3, 0.4) is 0 Å². The number of amides is 1. The highest BCUT2D eigenvalue weighted by molar-refractivity contribution is 8.14. The number of carbonyl (C=O) groups is 1. The molecule has 0 radical (unpaired) electrons. The molecule has 2 N–H and O–H groups in total. The van der Waals surface area contributed by atoms with Crippen molar-refractivity contribution in [2.45, 2.75) is 12.5 Å². The molecule has 1 aromatic heterocycles. The highest BCUT2D eigenvalue weighted by Crippen LogP contribution is 2.28. The molecule has 1 unspecified atom stereocenters. The number of phenolic OH excluding ortho intramolecular Hbond substituents is 1. The molecule has 4 nitrogen and oxygen atoms in total. The fourth-order valence-electron chi connectivity index (χ4n) is 2.19. The molecule has 0 spiro atoms. The minimum atomic E-state index is -0.373. The Morgan fingerprint density at radius 3 is 3.00 bits per heavy atom. The van der Waals surface area contributed by atoms with E-state index in [1.54, 1.807) is 23.5 Å². The third-order valence-electron chi connectivity index (χ3n) is 3.38. The van der Waals surface area contributed by atoms with Crippen molar-refractivity contribution in [2.24, 2.45) is 4.99 Å². The fraction of sp³-hybridized carbons (Fsp3) is 0.250. The van der Waals surface area contributed by atoms with E-state index in [-0.39, 0.29) is 17.7 Å². The smallest absolute Gasteiger partial charge is 0.245 e. The number of nitrogens with zero attached hydrogens (tertiary/aromatic N) is 1. The zero-order valence-corrected chi connectivity index (χ0v) is 13.5. The number of carbonyl (C=O) groups excluding carboxylic acids is 1. The number of thiophene rings is 1. The summed E-state index contributed by atoms with van der Waals surface area (Å²) in [5, 5.41) is 17.6. The minimum Gasteiger partial charge on any atom is -0.507 e. The van der Waals surface area contributed by atoms with Gasteiger partial charge in [-0.2, -0.15) is 11.3 Å². The van der Waals surface area contributed by atoms with Gasteiger partial charge in [-0.05, 0) is 40.9 Å². The van der Waals surface area contributed by atoms with Crippen LogP contribution >= 0.6 is 23.1 Å². The quantitative estimate of drug-likeness (QED) is 0.885. The van der Waals surface area contributed by atoms with Crippen LogP contribution < -0.4 is 5.32 Å². The zero-order chi connectivity index (χ0) is 15.4. The second-order valence-corrected chi connectivity index (χ2v) is 6.74. The molecule has 114 valence electrons. The van der Waals surface area contributed by atoms with Crippen LogP contribution in [0.15, 0.2) is 46.1 Å². The lowest BCUT2D eigenvalue weighted by Crippen LogP contribution is -2.35. The molecule has 2 aromatic rings. The molecule has 0 fully saturated rings. The van der Waals surface area contributed by atoms with E-state index >= 15 is 0 Å². The normalized spacial score (nSPS) is 17.3. The van der Waals surface area contributed by atoms with Gasteiger partial charge in [0.05, 0.1) is 0 Å². The summed E-state index contributed by atoms with van der Waals surface area (Å²) in [5.41, 5.74) is 1.94. The molecular weight excluding hydrogens is 316 g/mol. The molecule has 0 saturated heterocycles. The van der Waals surface area contributed by atoms with Crippen LogP contribution in [0, 0.1) is 0 Å². The zero-order valence-electron chi connectivity index (χ0n) is 11.9. The van der Waals surface area contributed by atoms with E-state index in [4.69, 9.17) is 0 Å². The van der Waals surface area contributed by atoms with Gasteiger partial charge in [0.1, 0.15) is 16.8 Å². The lowest BCUT2D eigenvalue weighted by atomic mass is 10.2. The summed E-state index contributed by atoms with van der Waals surface area (Å²) in [6.45, 7) is 0.623. The molecule has 0 bridgehead atoms. The molecule has 1 aromatic carbocycles. The Balaban J connectivity index is 1.57. The average Bonchev–Trinajstić information content (AvgIpc) is 3.19. The average molecular weight is 332 g/mol. The van der Waals surface area contributed by atoms with Crippen molar-refractivity contribution < 1.29 is 9.90 Å². The van der Waals surface area contributed by atoms with E-state index in [1.165, 1.54) is 17.3 Å². The number of aromatic hydroxyl groups is 1. The fourth-order valence-corrected chi connectivity index (χ4v) is 3.97. The van der Waals surface area contributed by atoms with Crippen LogP contribution in [-0.4, -0.2) is 34.4 Å². The maximum atomic E-state index is 12.1. The topological polar surface area (TPSA) is 61.7 Å². The van der Waals surface area contributed by atoms with E-state index in [0.717, 1.165) is 11.5 Å². The van der Waals surface area contributed by atoms with Gasteiger partial charge in [-0.15, -0.1) is 11.8 Å². The predicted octanol–water partition coefficient (Wildman–Crippen LogP) is 2.67. The Morgan fingerprint density at radius 2 is 2.23 bits per heavy atom. The van der Waals surface area contributed by atoms with Gasteiger partial charge >= 0.3 is 0 Å². The minimum absolute atomic E-state index is 0.0480. The number of benzene rings is 1. The number of para-hydroxylation sites is 1. The number of aliphatic imine (C=N–C) groups is 1. The molecule has 1 aliphatic rings. The second-order valence-electron chi connectivity index (χ2n) is 4.95.